The van der Waals surface area contributed by atoms with Crippen LogP contribution in [0.15, 0.2) is 23.4 Å². The van der Waals surface area contributed by atoms with Gasteiger partial charge in [-0.2, -0.15) is 0 Å². The fourth-order valence-corrected chi connectivity index (χ4v) is 3.23. The summed E-state index contributed by atoms with van der Waals surface area (Å²) in [7, 11) is 3.23. The number of methoxy groups -OCH3 is 2. The summed E-state index contributed by atoms with van der Waals surface area (Å²) < 4.78 is 12.4. The molecule has 0 aliphatic carbocycles. The monoisotopic (exact) mass is 311 g/mol. The van der Waals surface area contributed by atoms with Crippen LogP contribution in [0.4, 0.5) is 0 Å². The van der Waals surface area contributed by atoms with Gasteiger partial charge in [0.1, 0.15) is 0 Å². The highest BCUT2D eigenvalue weighted by molar-refractivity contribution is 7.99. The third-order valence-corrected chi connectivity index (χ3v) is 4.65. The molecule has 5 nitrogen and oxygen atoms in total. The minimum absolute atomic E-state index is 0.104. The van der Waals surface area contributed by atoms with Gasteiger partial charge in [-0.3, -0.25) is 0 Å². The molecule has 0 N–H and O–H groups in total. The third-order valence-electron chi connectivity index (χ3n) is 3.04. The third kappa shape index (κ3) is 2.45. The van der Waals surface area contributed by atoms with Gasteiger partial charge in [0.2, 0.25) is 0 Å². The van der Waals surface area contributed by atoms with E-state index in [4.69, 9.17) is 21.1 Å². The number of hydrogen-bond donors (Lipinski definition) is 0. The molecule has 1 aromatic carbocycles. The molecule has 0 amide bonds. The average molecular weight is 312 g/mol. The van der Waals surface area contributed by atoms with Gasteiger partial charge in [0.25, 0.3) is 0 Å². The van der Waals surface area contributed by atoms with Gasteiger partial charge >= 0.3 is 0 Å². The van der Waals surface area contributed by atoms with Crippen molar-refractivity contribution >= 4 is 23.4 Å². The van der Waals surface area contributed by atoms with Crippen molar-refractivity contribution in [2.45, 2.75) is 17.1 Å². The van der Waals surface area contributed by atoms with Gasteiger partial charge in [-0.1, -0.05) is 11.8 Å². The van der Waals surface area contributed by atoms with E-state index in [0.717, 1.165) is 16.5 Å². The van der Waals surface area contributed by atoms with Crippen molar-refractivity contribution < 1.29 is 9.47 Å². The van der Waals surface area contributed by atoms with Gasteiger partial charge in [-0.05, 0) is 18.2 Å². The number of fused-ring (bicyclic) bond motifs is 1. The highest BCUT2D eigenvalue weighted by atomic mass is 35.5. The Hall–Kier alpha value is -1.40. The number of rotatable bonds is 3. The van der Waals surface area contributed by atoms with Crippen LogP contribution >= 0.6 is 23.4 Å². The maximum atomic E-state index is 6.14. The molecule has 0 radical (unpaired) electrons. The molecule has 1 aromatic heterocycles. The van der Waals surface area contributed by atoms with E-state index in [1.165, 1.54) is 0 Å². The summed E-state index contributed by atoms with van der Waals surface area (Å²) in [4.78, 5) is 4.55. The van der Waals surface area contributed by atoms with Crippen molar-refractivity contribution in [2.24, 2.45) is 0 Å². The highest BCUT2D eigenvalue weighted by Gasteiger charge is 2.21. The first-order valence-corrected chi connectivity index (χ1v) is 7.57. The predicted molar refractivity (Wildman–Crippen MR) is 78.9 cm³/mol. The molecule has 2 aromatic rings. The van der Waals surface area contributed by atoms with Gasteiger partial charge in [0, 0.05) is 11.3 Å². The van der Waals surface area contributed by atoms with E-state index in [1.807, 2.05) is 22.9 Å². The molecule has 0 saturated carbocycles. The van der Waals surface area contributed by atoms with Gasteiger partial charge in [0.05, 0.1) is 26.1 Å². The zero-order valence-corrected chi connectivity index (χ0v) is 12.7. The fraction of sp³-hybridized carbons (Fsp3) is 0.385. The molecule has 0 bridgehead atoms. The number of thioether (sulfide) groups is 1. The lowest BCUT2D eigenvalue weighted by Gasteiger charge is -2.15. The first-order valence-electron chi connectivity index (χ1n) is 6.15. The van der Waals surface area contributed by atoms with Gasteiger partial charge in [-0.15, -0.1) is 16.7 Å². The van der Waals surface area contributed by atoms with E-state index in [9.17, 15) is 0 Å². The van der Waals surface area contributed by atoms with Crippen LogP contribution < -0.4 is 9.47 Å². The SMILES string of the molecule is COc1ccc(-c2nc3n(n2)C[C@@H](Cl)CS3)cc1OC. The van der Waals surface area contributed by atoms with Crippen LogP contribution in [0.5, 0.6) is 11.5 Å². The van der Waals surface area contributed by atoms with Crippen molar-refractivity contribution in [1.82, 2.24) is 14.8 Å². The van der Waals surface area contributed by atoms with Crippen LogP contribution in [0, 0.1) is 0 Å². The van der Waals surface area contributed by atoms with E-state index in [-0.39, 0.29) is 5.38 Å². The number of nitrogens with zero attached hydrogens (tertiary/aromatic N) is 3. The molecule has 106 valence electrons. The quantitative estimate of drug-likeness (QED) is 0.816. The first kappa shape index (κ1) is 13.6. The first-order chi connectivity index (χ1) is 9.71. The lowest BCUT2D eigenvalue weighted by molar-refractivity contribution is 0.355. The minimum Gasteiger partial charge on any atom is -0.493 e. The zero-order chi connectivity index (χ0) is 14.1. The molecule has 0 saturated heterocycles. The minimum atomic E-state index is 0.104. The molecule has 1 atom stereocenters. The topological polar surface area (TPSA) is 49.2 Å². The summed E-state index contributed by atoms with van der Waals surface area (Å²) in [5.74, 6) is 2.90. The Labute approximate surface area is 126 Å². The van der Waals surface area contributed by atoms with Crippen LogP contribution in [-0.4, -0.2) is 40.1 Å². The van der Waals surface area contributed by atoms with Crippen LogP contribution in [0.1, 0.15) is 0 Å². The van der Waals surface area contributed by atoms with E-state index in [1.54, 1.807) is 26.0 Å². The second-order valence-corrected chi connectivity index (χ2v) is 5.98. The molecule has 3 rings (SSSR count). The van der Waals surface area contributed by atoms with Crippen LogP contribution in [0.25, 0.3) is 11.4 Å². The largest absolute Gasteiger partial charge is 0.493 e. The second kappa shape index (κ2) is 5.54. The lowest BCUT2D eigenvalue weighted by Crippen LogP contribution is -2.19. The number of ether oxygens (including phenoxy) is 2. The lowest BCUT2D eigenvalue weighted by atomic mass is 10.2. The molecule has 1 aliphatic heterocycles. The number of aromatic nitrogens is 3. The molecule has 0 spiro atoms. The molecular formula is C13H14ClN3O2S. The predicted octanol–water partition coefficient (Wildman–Crippen LogP) is 2.68. The van der Waals surface area contributed by atoms with E-state index in [0.29, 0.717) is 23.9 Å². The van der Waals surface area contributed by atoms with Crippen LogP contribution in [0.2, 0.25) is 0 Å². The summed E-state index contributed by atoms with van der Waals surface area (Å²) >= 11 is 7.77. The number of benzene rings is 1. The Balaban J connectivity index is 1.97. The maximum absolute atomic E-state index is 6.14. The Bertz CT molecular complexity index is 632. The molecule has 2 heterocycles. The highest BCUT2D eigenvalue weighted by Crippen LogP contribution is 2.33. The molecule has 20 heavy (non-hydrogen) atoms. The van der Waals surface area contributed by atoms with Crippen molar-refractivity contribution in [2.75, 3.05) is 20.0 Å². The summed E-state index contributed by atoms with van der Waals surface area (Å²) in [5, 5.41) is 5.52. The van der Waals surface area contributed by atoms with E-state index < -0.39 is 0 Å². The van der Waals surface area contributed by atoms with Crippen LogP contribution in [-0.2, 0) is 6.54 Å². The molecule has 7 heteroatoms. The van der Waals surface area contributed by atoms with Gasteiger partial charge < -0.3 is 9.47 Å². The fourth-order valence-electron chi connectivity index (χ4n) is 2.06. The molecule has 0 unspecified atom stereocenters. The van der Waals surface area contributed by atoms with E-state index >= 15 is 0 Å². The van der Waals surface area contributed by atoms with Crippen molar-refractivity contribution in [3.05, 3.63) is 18.2 Å². The summed E-state index contributed by atoms with van der Waals surface area (Å²) in [6, 6.07) is 5.65. The summed E-state index contributed by atoms with van der Waals surface area (Å²) in [5.41, 5.74) is 0.899. The Morgan fingerprint density at radius 2 is 2.10 bits per heavy atom. The van der Waals surface area contributed by atoms with Crippen LogP contribution in [0.3, 0.4) is 0 Å². The van der Waals surface area contributed by atoms with Gasteiger partial charge in [-0.25, -0.2) is 9.67 Å². The van der Waals surface area contributed by atoms with Crippen molar-refractivity contribution in [1.29, 1.82) is 0 Å². The van der Waals surface area contributed by atoms with Gasteiger partial charge in [0.15, 0.2) is 22.5 Å². The molecule has 1 aliphatic rings. The number of alkyl halides is 1. The second-order valence-electron chi connectivity index (χ2n) is 4.38. The maximum Gasteiger partial charge on any atom is 0.186 e. The molecular weight excluding hydrogens is 298 g/mol. The smallest absolute Gasteiger partial charge is 0.186 e. The van der Waals surface area contributed by atoms with E-state index in [2.05, 4.69) is 10.1 Å². The molecule has 0 fully saturated rings. The average Bonchev–Trinajstić information content (AvgIpc) is 2.89. The normalized spacial score (nSPS) is 17.6. The Morgan fingerprint density at radius 3 is 2.85 bits per heavy atom. The zero-order valence-electron chi connectivity index (χ0n) is 11.2. The van der Waals surface area contributed by atoms with Crippen molar-refractivity contribution in [3.63, 3.8) is 0 Å². The Morgan fingerprint density at radius 1 is 1.30 bits per heavy atom. The summed E-state index contributed by atoms with van der Waals surface area (Å²) in [6.45, 7) is 0.699. The Kier molecular flexibility index (Phi) is 3.76. The van der Waals surface area contributed by atoms with Crippen molar-refractivity contribution in [3.8, 4) is 22.9 Å². The summed E-state index contributed by atoms with van der Waals surface area (Å²) in [6.07, 6.45) is 0. The number of halogens is 1. The number of hydrogen-bond acceptors (Lipinski definition) is 5. The standard InChI is InChI=1S/C13H14ClN3O2S/c1-18-10-4-3-8(5-11(10)19-2)12-15-13-17(16-12)6-9(14)7-20-13/h3-5,9H,6-7H2,1-2H3/t9-/m1/s1.